The lowest BCUT2D eigenvalue weighted by Crippen LogP contribution is -2.34. The van der Waals surface area contributed by atoms with Gasteiger partial charge < -0.3 is 5.32 Å². The lowest BCUT2D eigenvalue weighted by molar-refractivity contribution is -0.119. The van der Waals surface area contributed by atoms with Gasteiger partial charge in [-0.3, -0.25) is 4.79 Å². The number of pyridine rings is 1. The predicted octanol–water partition coefficient (Wildman–Crippen LogP) is 3.49. The summed E-state index contributed by atoms with van der Waals surface area (Å²) in [7, 11) is 0. The van der Waals surface area contributed by atoms with Gasteiger partial charge in [-0.05, 0) is 44.4 Å². The van der Waals surface area contributed by atoms with Crippen LogP contribution in [0, 0.1) is 18.3 Å². The van der Waals surface area contributed by atoms with Crippen LogP contribution in [0.1, 0.15) is 30.2 Å². The van der Waals surface area contributed by atoms with Gasteiger partial charge in [0.15, 0.2) is 0 Å². The number of hydrogen-bond acceptors (Lipinski definition) is 4. The van der Waals surface area contributed by atoms with Gasteiger partial charge in [-0.1, -0.05) is 42.1 Å². The molecule has 24 heavy (non-hydrogen) atoms. The lowest BCUT2D eigenvalue weighted by Gasteiger charge is -2.14. The molecule has 0 unspecified atom stereocenters. The SMILES string of the molecule is Cc1ccc(C#N)c(SCC(=O)N[C@@H](C)CCc2ccccc2)n1. The Kier molecular flexibility index (Phi) is 6.83. The third-order valence-corrected chi connectivity index (χ3v) is 4.57. The molecule has 0 aliphatic heterocycles. The molecule has 0 aliphatic rings. The molecule has 2 rings (SSSR count). The van der Waals surface area contributed by atoms with E-state index in [0.29, 0.717) is 10.6 Å². The van der Waals surface area contributed by atoms with E-state index in [0.717, 1.165) is 18.5 Å². The minimum Gasteiger partial charge on any atom is -0.353 e. The third kappa shape index (κ3) is 5.71. The van der Waals surface area contributed by atoms with Crippen molar-refractivity contribution in [1.82, 2.24) is 10.3 Å². The Bertz CT molecular complexity index is 725. The molecule has 0 saturated heterocycles. The van der Waals surface area contributed by atoms with E-state index in [1.54, 1.807) is 12.1 Å². The molecule has 4 nitrogen and oxygen atoms in total. The van der Waals surface area contributed by atoms with Crippen LogP contribution in [0.2, 0.25) is 0 Å². The van der Waals surface area contributed by atoms with Crippen LogP contribution in [0.25, 0.3) is 0 Å². The molecular weight excluding hydrogens is 318 g/mol. The van der Waals surface area contributed by atoms with Crippen molar-refractivity contribution in [3.8, 4) is 6.07 Å². The Labute approximate surface area is 147 Å². The maximum Gasteiger partial charge on any atom is 0.230 e. The Balaban J connectivity index is 1.79. The van der Waals surface area contributed by atoms with Crippen molar-refractivity contribution in [2.75, 3.05) is 5.75 Å². The summed E-state index contributed by atoms with van der Waals surface area (Å²) >= 11 is 1.30. The molecule has 0 fully saturated rings. The van der Waals surface area contributed by atoms with Gasteiger partial charge >= 0.3 is 0 Å². The van der Waals surface area contributed by atoms with E-state index in [1.165, 1.54) is 17.3 Å². The number of thioether (sulfide) groups is 1. The summed E-state index contributed by atoms with van der Waals surface area (Å²) in [6.45, 7) is 3.88. The van der Waals surface area contributed by atoms with Crippen LogP contribution in [0.15, 0.2) is 47.5 Å². The predicted molar refractivity (Wildman–Crippen MR) is 96.8 cm³/mol. The quantitative estimate of drug-likeness (QED) is 0.784. The smallest absolute Gasteiger partial charge is 0.230 e. The first-order valence-electron chi connectivity index (χ1n) is 7.92. The van der Waals surface area contributed by atoms with E-state index in [1.807, 2.05) is 32.0 Å². The average molecular weight is 339 g/mol. The zero-order valence-corrected chi connectivity index (χ0v) is 14.8. The highest BCUT2D eigenvalue weighted by molar-refractivity contribution is 8.00. The Morgan fingerprint density at radius 2 is 2.04 bits per heavy atom. The van der Waals surface area contributed by atoms with Crippen molar-refractivity contribution < 1.29 is 4.79 Å². The number of nitrogens with one attached hydrogen (secondary N) is 1. The molecule has 0 saturated carbocycles. The second-order valence-corrected chi connectivity index (χ2v) is 6.66. The van der Waals surface area contributed by atoms with Gasteiger partial charge in [0.05, 0.1) is 11.3 Å². The van der Waals surface area contributed by atoms with Gasteiger partial charge in [0.25, 0.3) is 0 Å². The highest BCUT2D eigenvalue weighted by Crippen LogP contribution is 2.20. The van der Waals surface area contributed by atoms with Crippen LogP contribution < -0.4 is 5.32 Å². The molecule has 124 valence electrons. The monoisotopic (exact) mass is 339 g/mol. The van der Waals surface area contributed by atoms with Crippen LogP contribution in [-0.4, -0.2) is 22.7 Å². The molecule has 1 heterocycles. The fourth-order valence-corrected chi connectivity index (χ4v) is 3.11. The number of aromatic nitrogens is 1. The molecule has 5 heteroatoms. The number of aryl methyl sites for hydroxylation is 2. The minimum atomic E-state index is -0.0345. The van der Waals surface area contributed by atoms with Crippen LogP contribution in [0.3, 0.4) is 0 Å². The number of benzene rings is 1. The number of carbonyl (C=O) groups excluding carboxylic acids is 1. The fourth-order valence-electron chi connectivity index (χ4n) is 2.28. The molecule has 1 amide bonds. The molecule has 1 aromatic heterocycles. The molecule has 2 aromatic rings. The van der Waals surface area contributed by atoms with Gasteiger partial charge in [-0.2, -0.15) is 5.26 Å². The maximum absolute atomic E-state index is 12.1. The molecule has 1 atom stereocenters. The topological polar surface area (TPSA) is 65.8 Å². The molecule has 0 radical (unpaired) electrons. The first-order valence-corrected chi connectivity index (χ1v) is 8.91. The zero-order valence-electron chi connectivity index (χ0n) is 14.0. The van der Waals surface area contributed by atoms with Crippen molar-refractivity contribution >= 4 is 17.7 Å². The van der Waals surface area contributed by atoms with E-state index in [9.17, 15) is 4.79 Å². The largest absolute Gasteiger partial charge is 0.353 e. The van der Waals surface area contributed by atoms with Crippen molar-refractivity contribution in [1.29, 1.82) is 5.26 Å². The first-order chi connectivity index (χ1) is 11.6. The summed E-state index contributed by atoms with van der Waals surface area (Å²) in [5, 5.41) is 12.7. The molecule has 1 N–H and O–H groups in total. The fraction of sp³-hybridized carbons (Fsp3) is 0.316. The summed E-state index contributed by atoms with van der Waals surface area (Å²) in [6.07, 6.45) is 1.83. The number of nitriles is 1. The Morgan fingerprint density at radius 1 is 1.29 bits per heavy atom. The van der Waals surface area contributed by atoms with Gasteiger partial charge in [-0.25, -0.2) is 4.98 Å². The van der Waals surface area contributed by atoms with Gasteiger partial charge in [0, 0.05) is 11.7 Å². The molecular formula is C19H21N3OS. The van der Waals surface area contributed by atoms with Crippen molar-refractivity contribution in [3.63, 3.8) is 0 Å². The summed E-state index contributed by atoms with van der Waals surface area (Å²) < 4.78 is 0. The van der Waals surface area contributed by atoms with Crippen LogP contribution in [0.4, 0.5) is 0 Å². The summed E-state index contributed by atoms with van der Waals surface area (Å²) in [5.41, 5.74) is 2.62. The van der Waals surface area contributed by atoms with E-state index in [4.69, 9.17) is 5.26 Å². The molecule has 0 aliphatic carbocycles. The second-order valence-electron chi connectivity index (χ2n) is 5.70. The minimum absolute atomic E-state index is 0.0345. The van der Waals surface area contributed by atoms with E-state index in [2.05, 4.69) is 28.5 Å². The molecule has 0 bridgehead atoms. The normalized spacial score (nSPS) is 11.5. The van der Waals surface area contributed by atoms with Gasteiger partial charge in [0.2, 0.25) is 5.91 Å². The summed E-state index contributed by atoms with van der Waals surface area (Å²) in [4.78, 5) is 16.4. The number of carbonyl (C=O) groups is 1. The third-order valence-electron chi connectivity index (χ3n) is 3.58. The van der Waals surface area contributed by atoms with Gasteiger partial charge in [-0.15, -0.1) is 0 Å². The average Bonchev–Trinajstić information content (AvgIpc) is 2.59. The van der Waals surface area contributed by atoms with Crippen molar-refractivity contribution in [2.45, 2.75) is 37.8 Å². The van der Waals surface area contributed by atoms with Crippen LogP contribution in [0.5, 0.6) is 0 Å². The highest BCUT2D eigenvalue weighted by Gasteiger charge is 2.11. The zero-order chi connectivity index (χ0) is 17.4. The summed E-state index contributed by atoms with van der Waals surface area (Å²) in [6, 6.07) is 16.0. The number of amides is 1. The standard InChI is InChI=1S/C19H21N3OS/c1-14(8-10-16-6-4-3-5-7-16)21-18(23)13-24-19-17(12-20)11-9-15(2)22-19/h3-7,9,11,14H,8,10,13H2,1-2H3,(H,21,23)/t14-/m0/s1. The van der Waals surface area contributed by atoms with Crippen LogP contribution in [-0.2, 0) is 11.2 Å². The number of nitrogens with zero attached hydrogens (tertiary/aromatic N) is 2. The number of rotatable bonds is 7. The molecule has 0 spiro atoms. The highest BCUT2D eigenvalue weighted by atomic mass is 32.2. The Hall–Kier alpha value is -2.32. The first kappa shape index (κ1) is 18.0. The molecule has 1 aromatic carbocycles. The number of hydrogen-bond donors (Lipinski definition) is 1. The van der Waals surface area contributed by atoms with Crippen molar-refractivity contribution in [2.24, 2.45) is 0 Å². The Morgan fingerprint density at radius 3 is 2.75 bits per heavy atom. The second kappa shape index (κ2) is 9.09. The van der Waals surface area contributed by atoms with E-state index in [-0.39, 0.29) is 17.7 Å². The van der Waals surface area contributed by atoms with E-state index < -0.39 is 0 Å². The van der Waals surface area contributed by atoms with Crippen LogP contribution >= 0.6 is 11.8 Å². The summed E-state index contributed by atoms with van der Waals surface area (Å²) in [5.74, 6) is 0.230. The lowest BCUT2D eigenvalue weighted by atomic mass is 10.1. The maximum atomic E-state index is 12.1. The van der Waals surface area contributed by atoms with Gasteiger partial charge in [0.1, 0.15) is 11.1 Å². The van der Waals surface area contributed by atoms with E-state index >= 15 is 0 Å². The van der Waals surface area contributed by atoms with Crippen molar-refractivity contribution in [3.05, 3.63) is 59.3 Å².